The Morgan fingerprint density at radius 1 is 1.30 bits per heavy atom. The summed E-state index contributed by atoms with van der Waals surface area (Å²) in [6, 6.07) is 12.6. The summed E-state index contributed by atoms with van der Waals surface area (Å²) in [5.74, 6) is 0.457. The molecule has 3 heterocycles. The molecule has 2 aromatic heterocycles. The number of aromatic nitrogens is 2. The summed E-state index contributed by atoms with van der Waals surface area (Å²) in [5, 5.41) is 9.94. The first-order valence-electron chi connectivity index (χ1n) is 8.47. The highest BCUT2D eigenvalue weighted by atomic mass is 32.2. The van der Waals surface area contributed by atoms with E-state index < -0.39 is 10.7 Å². The van der Waals surface area contributed by atoms with E-state index in [0.717, 1.165) is 10.7 Å². The van der Waals surface area contributed by atoms with Gasteiger partial charge in [-0.05, 0) is 38.1 Å². The number of carbonyl (C=O) groups excluding carboxylic acids is 2. The van der Waals surface area contributed by atoms with Gasteiger partial charge >= 0.3 is 0 Å². The number of amides is 2. The van der Waals surface area contributed by atoms with Crippen LogP contribution in [0, 0.1) is 0 Å². The van der Waals surface area contributed by atoms with Crippen molar-refractivity contribution in [1.82, 2.24) is 9.78 Å². The van der Waals surface area contributed by atoms with Crippen LogP contribution in [0.3, 0.4) is 0 Å². The van der Waals surface area contributed by atoms with Gasteiger partial charge in [0.2, 0.25) is 5.91 Å². The van der Waals surface area contributed by atoms with Gasteiger partial charge in [0.05, 0.1) is 18.1 Å². The van der Waals surface area contributed by atoms with Crippen LogP contribution in [0.15, 0.2) is 64.2 Å². The summed E-state index contributed by atoms with van der Waals surface area (Å²) in [4.78, 5) is 26.5. The molecule has 3 aromatic rings. The van der Waals surface area contributed by atoms with E-state index in [1.807, 2.05) is 37.3 Å². The number of nitrogens with one attached hydrogen (secondary N) is 2. The maximum absolute atomic E-state index is 13.0. The third-order valence-electron chi connectivity index (χ3n) is 4.55. The molecule has 1 aliphatic heterocycles. The van der Waals surface area contributed by atoms with E-state index in [1.54, 1.807) is 36.2 Å². The van der Waals surface area contributed by atoms with Crippen LogP contribution < -0.4 is 10.6 Å². The Hall–Kier alpha value is -3.00. The molecular formula is C19H18N4O3S. The van der Waals surface area contributed by atoms with Gasteiger partial charge in [-0.3, -0.25) is 9.59 Å². The van der Waals surface area contributed by atoms with E-state index in [4.69, 9.17) is 4.42 Å². The van der Waals surface area contributed by atoms with Crippen molar-refractivity contribution in [2.45, 2.75) is 29.5 Å². The van der Waals surface area contributed by atoms with E-state index in [-0.39, 0.29) is 11.9 Å². The first-order chi connectivity index (χ1) is 13.0. The zero-order valence-corrected chi connectivity index (χ0v) is 15.6. The van der Waals surface area contributed by atoms with Gasteiger partial charge in [0.25, 0.3) is 5.91 Å². The van der Waals surface area contributed by atoms with Gasteiger partial charge in [0, 0.05) is 11.0 Å². The number of thioether (sulfide) groups is 1. The number of fused-ring (bicyclic) bond motifs is 1. The van der Waals surface area contributed by atoms with Crippen LogP contribution in [-0.4, -0.2) is 26.3 Å². The molecule has 4 rings (SSSR count). The van der Waals surface area contributed by atoms with Crippen molar-refractivity contribution >= 4 is 35.1 Å². The maximum Gasteiger partial charge on any atom is 0.251 e. The predicted octanol–water partition coefficient (Wildman–Crippen LogP) is 3.53. The minimum Gasteiger partial charge on any atom is -0.467 e. The van der Waals surface area contributed by atoms with Gasteiger partial charge in [-0.1, -0.05) is 23.9 Å². The smallest absolute Gasteiger partial charge is 0.251 e. The molecule has 2 amide bonds. The first-order valence-corrected chi connectivity index (χ1v) is 9.28. The van der Waals surface area contributed by atoms with Gasteiger partial charge < -0.3 is 15.1 Å². The van der Waals surface area contributed by atoms with Crippen LogP contribution in [0.5, 0.6) is 0 Å². The van der Waals surface area contributed by atoms with Crippen molar-refractivity contribution in [1.29, 1.82) is 0 Å². The molecule has 138 valence electrons. The summed E-state index contributed by atoms with van der Waals surface area (Å²) >= 11 is 1.24. The third-order valence-corrected chi connectivity index (χ3v) is 5.90. The second kappa shape index (κ2) is 6.62. The number of benzene rings is 1. The molecule has 7 nitrogen and oxygen atoms in total. The highest BCUT2D eigenvalue weighted by Crippen LogP contribution is 2.42. The fourth-order valence-electron chi connectivity index (χ4n) is 2.92. The number of hydrogen-bond acceptors (Lipinski definition) is 5. The standard InChI is InChI=1S/C19H18N4O3S/c1-12(14-7-5-11-26-14)23-16(9-10-20-23)22-18(25)19(2)17(24)21-13-6-3-4-8-15(13)27-19/h3-12H,1-2H3,(H,21,24)(H,22,25). The molecule has 1 aromatic carbocycles. The van der Waals surface area contributed by atoms with Crippen LogP contribution in [0.2, 0.25) is 0 Å². The summed E-state index contributed by atoms with van der Waals surface area (Å²) in [6.45, 7) is 3.54. The minimum atomic E-state index is -1.29. The van der Waals surface area contributed by atoms with E-state index in [2.05, 4.69) is 15.7 Å². The normalized spacial score (nSPS) is 19.9. The van der Waals surface area contributed by atoms with Gasteiger partial charge in [0.15, 0.2) is 4.75 Å². The van der Waals surface area contributed by atoms with E-state index in [9.17, 15) is 9.59 Å². The van der Waals surface area contributed by atoms with Gasteiger partial charge in [0.1, 0.15) is 17.6 Å². The quantitative estimate of drug-likeness (QED) is 0.674. The molecule has 0 saturated carbocycles. The maximum atomic E-state index is 13.0. The topological polar surface area (TPSA) is 89.2 Å². The summed E-state index contributed by atoms with van der Waals surface area (Å²) in [6.07, 6.45) is 3.19. The number of para-hydroxylation sites is 1. The van der Waals surface area contributed by atoms with Crippen molar-refractivity contribution in [3.63, 3.8) is 0 Å². The Morgan fingerprint density at radius 3 is 2.89 bits per heavy atom. The van der Waals surface area contributed by atoms with Crippen LogP contribution in [0.1, 0.15) is 25.6 Å². The van der Waals surface area contributed by atoms with Crippen molar-refractivity contribution in [3.8, 4) is 0 Å². The lowest BCUT2D eigenvalue weighted by molar-refractivity contribution is -0.126. The van der Waals surface area contributed by atoms with Crippen molar-refractivity contribution < 1.29 is 14.0 Å². The Labute approximate surface area is 160 Å². The molecule has 0 fully saturated rings. The number of nitrogens with zero attached hydrogens (tertiary/aromatic N) is 2. The fraction of sp³-hybridized carbons (Fsp3) is 0.211. The number of rotatable bonds is 4. The zero-order valence-electron chi connectivity index (χ0n) is 14.8. The minimum absolute atomic E-state index is 0.202. The number of anilines is 2. The zero-order chi connectivity index (χ0) is 19.0. The first kappa shape index (κ1) is 17.4. The number of furan rings is 1. The second-order valence-corrected chi connectivity index (χ2v) is 7.85. The fourth-order valence-corrected chi connectivity index (χ4v) is 4.03. The summed E-state index contributed by atoms with van der Waals surface area (Å²) in [7, 11) is 0. The lowest BCUT2D eigenvalue weighted by Gasteiger charge is -2.31. The average Bonchev–Trinajstić information content (AvgIpc) is 3.34. The molecule has 8 heteroatoms. The van der Waals surface area contributed by atoms with E-state index in [1.165, 1.54) is 11.8 Å². The van der Waals surface area contributed by atoms with Gasteiger partial charge in [-0.15, -0.1) is 0 Å². The second-order valence-electron chi connectivity index (χ2n) is 6.39. The lowest BCUT2D eigenvalue weighted by Crippen LogP contribution is -2.49. The Morgan fingerprint density at radius 2 is 2.11 bits per heavy atom. The van der Waals surface area contributed by atoms with Gasteiger partial charge in [-0.2, -0.15) is 5.10 Å². The van der Waals surface area contributed by atoms with Gasteiger partial charge in [-0.25, -0.2) is 4.68 Å². The predicted molar refractivity (Wildman–Crippen MR) is 103 cm³/mol. The number of hydrogen-bond donors (Lipinski definition) is 2. The summed E-state index contributed by atoms with van der Waals surface area (Å²) in [5.41, 5.74) is 0.717. The highest BCUT2D eigenvalue weighted by Gasteiger charge is 2.46. The van der Waals surface area contributed by atoms with Crippen LogP contribution in [0.4, 0.5) is 11.5 Å². The molecule has 27 heavy (non-hydrogen) atoms. The van der Waals surface area contributed by atoms with Crippen molar-refractivity contribution in [2.24, 2.45) is 0 Å². The van der Waals surface area contributed by atoms with Crippen molar-refractivity contribution in [2.75, 3.05) is 10.6 Å². The molecule has 0 bridgehead atoms. The van der Waals surface area contributed by atoms with Crippen LogP contribution in [0.25, 0.3) is 0 Å². The number of carbonyl (C=O) groups is 2. The average molecular weight is 382 g/mol. The van der Waals surface area contributed by atoms with Crippen molar-refractivity contribution in [3.05, 3.63) is 60.7 Å². The molecule has 2 atom stereocenters. The Kier molecular flexibility index (Phi) is 4.27. The van der Waals surface area contributed by atoms with Crippen LogP contribution >= 0.6 is 11.8 Å². The molecule has 0 aliphatic carbocycles. The molecule has 0 spiro atoms. The molecule has 1 aliphatic rings. The van der Waals surface area contributed by atoms with E-state index >= 15 is 0 Å². The molecule has 2 N–H and O–H groups in total. The SMILES string of the molecule is CC(c1ccco1)n1nccc1NC(=O)C1(C)Sc2ccccc2NC1=O. The third kappa shape index (κ3) is 3.02. The Bertz CT molecular complexity index is 998. The molecule has 0 saturated heterocycles. The molecular weight excluding hydrogens is 364 g/mol. The monoisotopic (exact) mass is 382 g/mol. The molecule has 2 unspecified atom stereocenters. The summed E-state index contributed by atoms with van der Waals surface area (Å²) < 4.78 is 5.79. The largest absolute Gasteiger partial charge is 0.467 e. The Balaban J connectivity index is 1.58. The van der Waals surface area contributed by atoms with Crippen LogP contribution in [-0.2, 0) is 9.59 Å². The lowest BCUT2D eigenvalue weighted by atomic mass is 10.1. The molecule has 0 radical (unpaired) electrons. The van der Waals surface area contributed by atoms with E-state index in [0.29, 0.717) is 11.5 Å². The highest BCUT2D eigenvalue weighted by molar-refractivity contribution is 8.02.